The lowest BCUT2D eigenvalue weighted by Crippen LogP contribution is -2.45. The van der Waals surface area contributed by atoms with Crippen LogP contribution in [0.4, 0.5) is 5.82 Å². The Morgan fingerprint density at radius 2 is 2.17 bits per heavy atom. The van der Waals surface area contributed by atoms with E-state index < -0.39 is 0 Å². The molecule has 2 aromatic heterocycles. The van der Waals surface area contributed by atoms with Gasteiger partial charge in [-0.2, -0.15) is 0 Å². The summed E-state index contributed by atoms with van der Waals surface area (Å²) < 4.78 is 11.1. The summed E-state index contributed by atoms with van der Waals surface area (Å²) in [6.45, 7) is 3.79. The summed E-state index contributed by atoms with van der Waals surface area (Å²) in [5, 5.41) is 0.512. The Morgan fingerprint density at radius 3 is 2.90 bits per heavy atom. The largest absolute Gasteiger partial charge is 0.497 e. The van der Waals surface area contributed by atoms with Gasteiger partial charge in [0.2, 0.25) is 5.89 Å². The molecule has 1 unspecified atom stereocenters. The summed E-state index contributed by atoms with van der Waals surface area (Å²) in [6.07, 6.45) is 4.71. The number of hydrogen-bond donors (Lipinski definition) is 0. The number of piperidine rings is 1. The highest BCUT2D eigenvalue weighted by molar-refractivity contribution is 5.84. The maximum Gasteiger partial charge on any atom is 0.347 e. The molecule has 1 aromatic carbocycles. The van der Waals surface area contributed by atoms with Crippen molar-refractivity contribution in [2.24, 2.45) is 0 Å². The van der Waals surface area contributed by atoms with Crippen LogP contribution in [0.5, 0.6) is 5.75 Å². The van der Waals surface area contributed by atoms with Crippen molar-refractivity contribution in [1.82, 2.24) is 14.9 Å². The van der Waals surface area contributed by atoms with Crippen LogP contribution in [0.15, 0.2) is 39.7 Å². The van der Waals surface area contributed by atoms with Crippen molar-refractivity contribution in [1.29, 1.82) is 0 Å². The highest BCUT2D eigenvalue weighted by Gasteiger charge is 2.25. The molecule has 0 bridgehead atoms. The highest BCUT2D eigenvalue weighted by atomic mass is 16.5. The number of nitrogens with zero attached hydrogens (tertiary/aromatic N) is 4. The molecule has 30 heavy (non-hydrogen) atoms. The third-order valence-corrected chi connectivity index (χ3v) is 5.85. The molecule has 1 atom stereocenters. The fourth-order valence-electron chi connectivity index (χ4n) is 4.15. The van der Waals surface area contributed by atoms with Crippen LogP contribution < -0.4 is 15.3 Å². The number of benzene rings is 1. The Hall–Kier alpha value is -2.93. The molecule has 7 nitrogen and oxygen atoms in total. The summed E-state index contributed by atoms with van der Waals surface area (Å²) in [7, 11) is 5.83. The molecular formula is C23H28N4O3. The standard InChI is InChI=1S/C23H28N4O3/c1-5-15-12-17(29-4)13-19-20(15)23(28)30-22(25-19)18-9-6-10-24-21(18)27-11-7-8-16(14-27)26(2)3/h6,9-10,12-13,16H,5,7-8,11,14H2,1-4H3. The fraction of sp³-hybridized carbons (Fsp3) is 0.435. The van der Waals surface area contributed by atoms with E-state index in [1.54, 1.807) is 19.4 Å². The number of anilines is 1. The molecule has 0 spiro atoms. The van der Waals surface area contributed by atoms with Gasteiger partial charge in [-0.25, -0.2) is 14.8 Å². The van der Waals surface area contributed by atoms with E-state index in [2.05, 4.69) is 28.9 Å². The number of rotatable bonds is 5. The van der Waals surface area contributed by atoms with Gasteiger partial charge in [-0.15, -0.1) is 0 Å². The first-order valence-corrected chi connectivity index (χ1v) is 10.4. The fourth-order valence-corrected chi connectivity index (χ4v) is 4.15. The van der Waals surface area contributed by atoms with Crippen LogP contribution in [0.2, 0.25) is 0 Å². The number of hydrogen-bond acceptors (Lipinski definition) is 7. The van der Waals surface area contributed by atoms with Crippen LogP contribution in [-0.2, 0) is 6.42 Å². The second-order valence-electron chi connectivity index (χ2n) is 7.92. The Balaban J connectivity index is 1.83. The number of aryl methyl sites for hydroxylation is 1. The second-order valence-corrected chi connectivity index (χ2v) is 7.92. The number of ether oxygens (including phenoxy) is 1. The SMILES string of the molecule is CCc1cc(OC)cc2nc(-c3cccnc3N3CCCC(N(C)C)C3)oc(=O)c12. The van der Waals surface area contributed by atoms with Crippen molar-refractivity contribution >= 4 is 16.7 Å². The quantitative estimate of drug-likeness (QED) is 0.641. The monoisotopic (exact) mass is 408 g/mol. The molecule has 3 heterocycles. The molecule has 0 radical (unpaired) electrons. The average molecular weight is 409 g/mol. The van der Waals surface area contributed by atoms with Gasteiger partial charge in [0, 0.05) is 31.4 Å². The number of fused-ring (bicyclic) bond motifs is 1. The van der Waals surface area contributed by atoms with E-state index in [0.29, 0.717) is 29.1 Å². The van der Waals surface area contributed by atoms with Gasteiger partial charge in [0.05, 0.1) is 23.6 Å². The molecular weight excluding hydrogens is 380 g/mol. The van der Waals surface area contributed by atoms with Gasteiger partial charge in [-0.1, -0.05) is 6.92 Å². The number of likely N-dealkylation sites (N-methyl/N-ethyl adjacent to an activating group) is 1. The smallest absolute Gasteiger partial charge is 0.347 e. The van der Waals surface area contributed by atoms with E-state index in [4.69, 9.17) is 14.1 Å². The van der Waals surface area contributed by atoms with E-state index >= 15 is 0 Å². The normalized spacial score (nSPS) is 17.0. The summed E-state index contributed by atoms with van der Waals surface area (Å²) in [6, 6.07) is 7.88. The zero-order valence-electron chi connectivity index (χ0n) is 18.0. The van der Waals surface area contributed by atoms with Crippen LogP contribution in [0, 0.1) is 0 Å². The molecule has 4 rings (SSSR count). The number of pyridine rings is 1. The van der Waals surface area contributed by atoms with Crippen LogP contribution >= 0.6 is 0 Å². The summed E-state index contributed by atoms with van der Waals surface area (Å²) in [5.74, 6) is 1.77. The number of methoxy groups -OCH3 is 1. The topological polar surface area (TPSA) is 71.7 Å². The maximum atomic E-state index is 12.9. The zero-order chi connectivity index (χ0) is 21.3. The van der Waals surface area contributed by atoms with Crippen LogP contribution in [0.1, 0.15) is 25.3 Å². The Kier molecular flexibility index (Phi) is 5.72. The highest BCUT2D eigenvalue weighted by Crippen LogP contribution is 2.31. The molecule has 0 N–H and O–H groups in total. The first-order valence-electron chi connectivity index (χ1n) is 10.4. The van der Waals surface area contributed by atoms with Gasteiger partial charge in [-0.3, -0.25) is 0 Å². The minimum atomic E-state index is -0.380. The third-order valence-electron chi connectivity index (χ3n) is 5.85. The molecule has 0 amide bonds. The lowest BCUT2D eigenvalue weighted by Gasteiger charge is -2.37. The maximum absolute atomic E-state index is 12.9. The Morgan fingerprint density at radius 1 is 1.33 bits per heavy atom. The zero-order valence-corrected chi connectivity index (χ0v) is 18.0. The average Bonchev–Trinajstić information content (AvgIpc) is 2.78. The minimum absolute atomic E-state index is 0.290. The molecule has 7 heteroatoms. The van der Waals surface area contributed by atoms with Crippen LogP contribution in [0.3, 0.4) is 0 Å². The first-order chi connectivity index (χ1) is 14.5. The predicted octanol–water partition coefficient (Wildman–Crippen LogP) is 3.35. The van der Waals surface area contributed by atoms with Crippen molar-refractivity contribution in [3.63, 3.8) is 0 Å². The van der Waals surface area contributed by atoms with Crippen LogP contribution in [0.25, 0.3) is 22.4 Å². The van der Waals surface area contributed by atoms with Crippen molar-refractivity contribution in [2.75, 3.05) is 39.2 Å². The van der Waals surface area contributed by atoms with Crippen molar-refractivity contribution in [2.45, 2.75) is 32.2 Å². The molecule has 0 saturated carbocycles. The van der Waals surface area contributed by atoms with Gasteiger partial charge >= 0.3 is 5.63 Å². The molecule has 0 aliphatic carbocycles. The van der Waals surface area contributed by atoms with Gasteiger partial charge in [0.1, 0.15) is 11.6 Å². The van der Waals surface area contributed by atoms with E-state index in [-0.39, 0.29) is 11.5 Å². The molecule has 1 saturated heterocycles. The summed E-state index contributed by atoms with van der Waals surface area (Å²) >= 11 is 0. The van der Waals surface area contributed by atoms with Gasteiger partial charge in [0.15, 0.2) is 0 Å². The third kappa shape index (κ3) is 3.77. The minimum Gasteiger partial charge on any atom is -0.497 e. The van der Waals surface area contributed by atoms with Crippen molar-refractivity contribution < 1.29 is 9.15 Å². The Bertz CT molecular complexity index is 1110. The summed E-state index contributed by atoms with van der Waals surface area (Å²) in [4.78, 5) is 26.7. The number of aromatic nitrogens is 2. The van der Waals surface area contributed by atoms with Crippen LogP contribution in [-0.4, -0.2) is 55.2 Å². The van der Waals surface area contributed by atoms with E-state index in [1.807, 2.05) is 25.1 Å². The lowest BCUT2D eigenvalue weighted by molar-refractivity contribution is 0.257. The van der Waals surface area contributed by atoms with E-state index in [0.717, 1.165) is 42.9 Å². The first kappa shape index (κ1) is 20.3. The second kappa shape index (κ2) is 8.44. The molecule has 3 aromatic rings. The van der Waals surface area contributed by atoms with E-state index in [9.17, 15) is 4.79 Å². The van der Waals surface area contributed by atoms with E-state index in [1.165, 1.54) is 0 Å². The molecule has 158 valence electrons. The van der Waals surface area contributed by atoms with Gasteiger partial charge in [0.25, 0.3) is 0 Å². The van der Waals surface area contributed by atoms with Crippen molar-refractivity contribution in [3.05, 3.63) is 46.4 Å². The summed E-state index contributed by atoms with van der Waals surface area (Å²) in [5.41, 5.74) is 1.80. The van der Waals surface area contributed by atoms with Gasteiger partial charge in [-0.05, 0) is 57.1 Å². The Labute approximate surface area is 176 Å². The molecule has 1 fully saturated rings. The van der Waals surface area contributed by atoms with Gasteiger partial charge < -0.3 is 19.0 Å². The molecule has 1 aliphatic heterocycles. The molecule has 1 aliphatic rings. The van der Waals surface area contributed by atoms with Crippen molar-refractivity contribution in [3.8, 4) is 17.2 Å². The lowest BCUT2D eigenvalue weighted by atomic mass is 10.0. The predicted molar refractivity (Wildman–Crippen MR) is 118 cm³/mol.